The highest BCUT2D eigenvalue weighted by atomic mass is 16.3. The van der Waals surface area contributed by atoms with Crippen LogP contribution < -0.4 is 0 Å². The van der Waals surface area contributed by atoms with Crippen LogP contribution in [0.25, 0.3) is 0 Å². The van der Waals surface area contributed by atoms with Crippen LogP contribution in [0.5, 0.6) is 0 Å². The number of allylic oxidation sites excluding steroid dienone is 1. The molecule has 52 valence electrons. The molecule has 1 atom stereocenters. The Kier molecular flexibility index (Phi) is 1.91. The van der Waals surface area contributed by atoms with Crippen LogP contribution in [0.3, 0.4) is 0 Å². The molecular formula is C8H14O. The second kappa shape index (κ2) is 2.53. The van der Waals surface area contributed by atoms with Crippen molar-refractivity contribution in [3.05, 3.63) is 11.1 Å². The minimum Gasteiger partial charge on any atom is -0.389 e. The average molecular weight is 126 g/mol. The average Bonchev–Trinajstić information content (AvgIpc) is 2.13. The fourth-order valence-corrected chi connectivity index (χ4v) is 1.48. The van der Waals surface area contributed by atoms with Crippen molar-refractivity contribution in [1.29, 1.82) is 0 Å². The third-order valence-corrected chi connectivity index (χ3v) is 2.05. The zero-order valence-electron chi connectivity index (χ0n) is 6.15. The van der Waals surface area contributed by atoms with Crippen LogP contribution in [-0.2, 0) is 0 Å². The monoisotopic (exact) mass is 126 g/mol. The first kappa shape index (κ1) is 6.81. The standard InChI is InChI=1S/C8H14O/c1-6-4-3-5-8(6)7(2)9/h7,9H,3-5H2,1-2H3/t7-/m0/s1. The molecule has 0 bridgehead atoms. The summed E-state index contributed by atoms with van der Waals surface area (Å²) in [5, 5.41) is 9.16. The summed E-state index contributed by atoms with van der Waals surface area (Å²) in [6, 6.07) is 0. The normalized spacial score (nSPS) is 23.0. The van der Waals surface area contributed by atoms with Gasteiger partial charge in [0.2, 0.25) is 0 Å². The van der Waals surface area contributed by atoms with Crippen molar-refractivity contribution >= 4 is 0 Å². The van der Waals surface area contributed by atoms with Gasteiger partial charge in [-0.1, -0.05) is 5.57 Å². The quantitative estimate of drug-likeness (QED) is 0.532. The van der Waals surface area contributed by atoms with Crippen LogP contribution in [-0.4, -0.2) is 11.2 Å². The number of hydrogen-bond acceptors (Lipinski definition) is 1. The van der Waals surface area contributed by atoms with Gasteiger partial charge in [0, 0.05) is 0 Å². The fraction of sp³-hybridized carbons (Fsp3) is 0.750. The second-order valence-electron chi connectivity index (χ2n) is 2.84. The summed E-state index contributed by atoms with van der Waals surface area (Å²) in [4.78, 5) is 0. The molecule has 0 aliphatic heterocycles. The van der Waals surface area contributed by atoms with Gasteiger partial charge in [-0.05, 0) is 38.7 Å². The van der Waals surface area contributed by atoms with Gasteiger partial charge in [-0.3, -0.25) is 0 Å². The maximum absolute atomic E-state index is 9.16. The molecule has 0 aromatic carbocycles. The predicted octanol–water partition coefficient (Wildman–Crippen LogP) is 1.87. The number of hydrogen-bond donors (Lipinski definition) is 1. The molecule has 1 rings (SSSR count). The predicted molar refractivity (Wildman–Crippen MR) is 38.2 cm³/mol. The van der Waals surface area contributed by atoms with Gasteiger partial charge in [0.1, 0.15) is 0 Å². The van der Waals surface area contributed by atoms with Crippen LogP contribution in [0.4, 0.5) is 0 Å². The summed E-state index contributed by atoms with van der Waals surface area (Å²) in [7, 11) is 0. The molecule has 1 nitrogen and oxygen atoms in total. The smallest absolute Gasteiger partial charge is 0.0724 e. The number of aliphatic hydroxyl groups excluding tert-OH is 1. The molecule has 0 fully saturated rings. The summed E-state index contributed by atoms with van der Waals surface area (Å²) in [6.07, 6.45) is 3.35. The fourth-order valence-electron chi connectivity index (χ4n) is 1.48. The largest absolute Gasteiger partial charge is 0.389 e. The second-order valence-corrected chi connectivity index (χ2v) is 2.84. The number of rotatable bonds is 1. The van der Waals surface area contributed by atoms with E-state index in [1.807, 2.05) is 6.92 Å². The summed E-state index contributed by atoms with van der Waals surface area (Å²) in [5.74, 6) is 0. The third-order valence-electron chi connectivity index (χ3n) is 2.05. The Morgan fingerprint density at radius 3 is 2.33 bits per heavy atom. The molecule has 1 aliphatic carbocycles. The van der Waals surface area contributed by atoms with Crippen molar-refractivity contribution in [2.75, 3.05) is 0 Å². The minimum atomic E-state index is -0.201. The van der Waals surface area contributed by atoms with Crippen LogP contribution in [0.15, 0.2) is 11.1 Å². The highest BCUT2D eigenvalue weighted by molar-refractivity contribution is 5.20. The lowest BCUT2D eigenvalue weighted by Crippen LogP contribution is -2.02. The van der Waals surface area contributed by atoms with Crippen molar-refractivity contribution in [3.63, 3.8) is 0 Å². The van der Waals surface area contributed by atoms with Crippen LogP contribution in [0.2, 0.25) is 0 Å². The van der Waals surface area contributed by atoms with Gasteiger partial charge in [0.25, 0.3) is 0 Å². The van der Waals surface area contributed by atoms with Crippen molar-refractivity contribution in [3.8, 4) is 0 Å². The SMILES string of the molecule is CC1=C([C@H](C)O)CCC1. The van der Waals surface area contributed by atoms with E-state index in [0.29, 0.717) is 0 Å². The first-order valence-electron chi connectivity index (χ1n) is 3.58. The minimum absolute atomic E-state index is 0.201. The lowest BCUT2D eigenvalue weighted by molar-refractivity contribution is 0.228. The molecule has 0 saturated heterocycles. The zero-order valence-corrected chi connectivity index (χ0v) is 6.15. The molecule has 0 unspecified atom stereocenters. The molecule has 0 heterocycles. The summed E-state index contributed by atoms with van der Waals surface area (Å²) in [5.41, 5.74) is 2.68. The maximum Gasteiger partial charge on any atom is 0.0724 e. The molecule has 1 aliphatic rings. The van der Waals surface area contributed by atoms with Crippen LogP contribution in [0.1, 0.15) is 33.1 Å². The van der Waals surface area contributed by atoms with Crippen molar-refractivity contribution in [2.24, 2.45) is 0 Å². The van der Waals surface area contributed by atoms with Crippen molar-refractivity contribution in [1.82, 2.24) is 0 Å². The lowest BCUT2D eigenvalue weighted by Gasteiger charge is -2.05. The molecular weight excluding hydrogens is 112 g/mol. The first-order valence-corrected chi connectivity index (χ1v) is 3.58. The molecule has 0 aromatic heterocycles. The van der Waals surface area contributed by atoms with E-state index in [1.165, 1.54) is 24.0 Å². The topological polar surface area (TPSA) is 20.2 Å². The Labute approximate surface area is 56.4 Å². The molecule has 0 aromatic rings. The van der Waals surface area contributed by atoms with E-state index >= 15 is 0 Å². The molecule has 9 heavy (non-hydrogen) atoms. The lowest BCUT2D eigenvalue weighted by atomic mass is 10.1. The van der Waals surface area contributed by atoms with Gasteiger partial charge in [-0.2, -0.15) is 0 Å². The highest BCUT2D eigenvalue weighted by Crippen LogP contribution is 2.27. The van der Waals surface area contributed by atoms with E-state index in [4.69, 9.17) is 5.11 Å². The van der Waals surface area contributed by atoms with Crippen molar-refractivity contribution in [2.45, 2.75) is 39.2 Å². The Morgan fingerprint density at radius 2 is 2.11 bits per heavy atom. The van der Waals surface area contributed by atoms with Gasteiger partial charge in [0.05, 0.1) is 6.10 Å². The molecule has 1 heteroatoms. The van der Waals surface area contributed by atoms with Crippen molar-refractivity contribution < 1.29 is 5.11 Å². The summed E-state index contributed by atoms with van der Waals surface area (Å²) < 4.78 is 0. The van der Waals surface area contributed by atoms with E-state index < -0.39 is 0 Å². The molecule has 0 radical (unpaired) electrons. The van der Waals surface area contributed by atoms with Crippen LogP contribution >= 0.6 is 0 Å². The Hall–Kier alpha value is -0.300. The van der Waals surface area contributed by atoms with E-state index in [0.717, 1.165) is 6.42 Å². The van der Waals surface area contributed by atoms with Gasteiger partial charge >= 0.3 is 0 Å². The highest BCUT2D eigenvalue weighted by Gasteiger charge is 2.13. The van der Waals surface area contributed by atoms with Gasteiger partial charge < -0.3 is 5.11 Å². The molecule has 0 spiro atoms. The van der Waals surface area contributed by atoms with E-state index in [1.54, 1.807) is 0 Å². The zero-order chi connectivity index (χ0) is 6.85. The first-order chi connectivity index (χ1) is 4.22. The Balaban J connectivity index is 2.66. The van der Waals surface area contributed by atoms with E-state index in [2.05, 4.69) is 6.92 Å². The summed E-state index contributed by atoms with van der Waals surface area (Å²) >= 11 is 0. The molecule has 0 amide bonds. The van der Waals surface area contributed by atoms with Gasteiger partial charge in [0.15, 0.2) is 0 Å². The Morgan fingerprint density at radius 1 is 1.44 bits per heavy atom. The number of aliphatic hydroxyl groups is 1. The molecule has 1 N–H and O–H groups in total. The van der Waals surface area contributed by atoms with E-state index in [-0.39, 0.29) is 6.10 Å². The van der Waals surface area contributed by atoms with Gasteiger partial charge in [-0.25, -0.2) is 0 Å². The van der Waals surface area contributed by atoms with Gasteiger partial charge in [-0.15, -0.1) is 0 Å². The summed E-state index contributed by atoms with van der Waals surface area (Å²) in [6.45, 7) is 3.97. The van der Waals surface area contributed by atoms with Crippen LogP contribution in [0, 0.1) is 0 Å². The Bertz CT molecular complexity index is 134. The third kappa shape index (κ3) is 1.33. The maximum atomic E-state index is 9.16. The van der Waals surface area contributed by atoms with E-state index in [9.17, 15) is 0 Å². The molecule has 0 saturated carbocycles.